The Morgan fingerprint density at radius 1 is 0.967 bits per heavy atom. The zero-order chi connectivity index (χ0) is 21.1. The lowest BCUT2D eigenvalue weighted by molar-refractivity contribution is -0.233. The Kier molecular flexibility index (Phi) is 5.17. The molecule has 0 spiro atoms. The van der Waals surface area contributed by atoms with E-state index in [1.54, 1.807) is 0 Å². The quantitative estimate of drug-likeness (QED) is 0.722. The van der Waals surface area contributed by atoms with Crippen LogP contribution in [0.3, 0.4) is 0 Å². The molecule has 0 radical (unpaired) electrons. The molecule has 6 aliphatic rings. The summed E-state index contributed by atoms with van der Waals surface area (Å²) >= 11 is 0. The van der Waals surface area contributed by atoms with Gasteiger partial charge in [-0.1, -0.05) is 0 Å². The third-order valence-corrected chi connectivity index (χ3v) is 8.15. The Morgan fingerprint density at radius 2 is 1.60 bits per heavy atom. The second-order valence-corrected chi connectivity index (χ2v) is 12.0. The topological polar surface area (TPSA) is 70.7 Å². The van der Waals surface area contributed by atoms with Gasteiger partial charge in [0.25, 0.3) is 0 Å². The fourth-order valence-electron chi connectivity index (χ4n) is 7.50. The van der Waals surface area contributed by atoms with Gasteiger partial charge in [-0.2, -0.15) is 0 Å². The van der Waals surface area contributed by atoms with E-state index in [1.165, 1.54) is 19.3 Å². The van der Waals surface area contributed by atoms with Crippen LogP contribution in [0.2, 0.25) is 0 Å². The van der Waals surface area contributed by atoms with E-state index in [2.05, 4.69) is 15.5 Å². The zero-order valence-corrected chi connectivity index (χ0v) is 18.9. The van der Waals surface area contributed by atoms with Crippen LogP contribution in [-0.2, 0) is 14.3 Å². The number of hydrogen-bond donors (Lipinski definition) is 2. The monoisotopic (exact) mass is 417 g/mol. The first kappa shape index (κ1) is 20.7. The highest BCUT2D eigenvalue weighted by atomic mass is 16.5. The number of nitrogens with one attached hydrogen (secondary N) is 2. The van der Waals surface area contributed by atoms with Crippen molar-refractivity contribution in [2.45, 2.75) is 114 Å². The molecule has 2 aliphatic carbocycles. The molecule has 6 bridgehead atoms. The maximum Gasteiger partial charge on any atom is 0.234 e. The number of carbonyl (C=O) groups excluding carboxylic acids is 2. The van der Waals surface area contributed by atoms with Crippen LogP contribution in [0.5, 0.6) is 0 Å². The molecule has 0 aromatic heterocycles. The molecule has 2 amide bonds. The molecule has 6 nitrogen and oxygen atoms in total. The first-order chi connectivity index (χ1) is 14.2. The lowest BCUT2D eigenvalue weighted by Crippen LogP contribution is -2.63. The molecule has 2 saturated carbocycles. The summed E-state index contributed by atoms with van der Waals surface area (Å²) in [4.78, 5) is 27.8. The molecule has 2 unspecified atom stereocenters. The van der Waals surface area contributed by atoms with E-state index in [4.69, 9.17) is 4.74 Å². The summed E-state index contributed by atoms with van der Waals surface area (Å²) in [7, 11) is 0. The molecule has 4 aliphatic heterocycles. The summed E-state index contributed by atoms with van der Waals surface area (Å²) in [6, 6.07) is 0.895. The molecule has 0 aromatic carbocycles. The average molecular weight is 418 g/mol. The fourth-order valence-corrected chi connectivity index (χ4v) is 7.50. The third-order valence-electron chi connectivity index (χ3n) is 8.15. The normalized spacial score (nSPS) is 42.4. The average Bonchev–Trinajstić information content (AvgIpc) is 2.81. The number of ether oxygens (including phenoxy) is 1. The fraction of sp³-hybridized carbons (Fsp3) is 0.917. The molecule has 6 heteroatoms. The van der Waals surface area contributed by atoms with E-state index in [1.807, 2.05) is 20.8 Å². The molecular weight excluding hydrogens is 378 g/mol. The molecular formula is C24H39N3O3. The van der Waals surface area contributed by atoms with E-state index in [0.717, 1.165) is 50.4 Å². The standard InChI is InChI=1S/C24H39N3O3/c1-23(2,3)25-22(29)14-27-18-4-5-19(27)8-15(7-18)11-21(28)26-24-12-16-6-17(13-24)10-20(9-16)30-24/h15-20H,4-14H2,1-3H3,(H,25,29)(H,26,28)/t15-,16?,17?,18+,19-,20?,24?. The van der Waals surface area contributed by atoms with E-state index >= 15 is 0 Å². The Hall–Kier alpha value is -1.14. The molecule has 4 saturated heterocycles. The summed E-state index contributed by atoms with van der Waals surface area (Å²) in [6.45, 7) is 6.57. The number of hydrogen-bond acceptors (Lipinski definition) is 4. The van der Waals surface area contributed by atoms with Crippen LogP contribution < -0.4 is 10.6 Å². The Morgan fingerprint density at radius 3 is 2.17 bits per heavy atom. The van der Waals surface area contributed by atoms with Crippen LogP contribution in [0, 0.1) is 17.8 Å². The molecule has 5 atom stereocenters. The second-order valence-electron chi connectivity index (χ2n) is 12.0. The minimum atomic E-state index is -0.365. The zero-order valence-electron chi connectivity index (χ0n) is 18.9. The number of piperidine rings is 1. The van der Waals surface area contributed by atoms with Crippen molar-refractivity contribution < 1.29 is 14.3 Å². The SMILES string of the molecule is CC(C)(C)NC(=O)CN1[C@@H]2CC[C@H]1C[C@@H](CC(=O)NC13CC4CC(CC(C4)O1)C3)C2. The number of amides is 2. The number of fused-ring (bicyclic) bond motifs is 2. The first-order valence-corrected chi connectivity index (χ1v) is 12.2. The van der Waals surface area contributed by atoms with Crippen molar-refractivity contribution in [3.8, 4) is 0 Å². The van der Waals surface area contributed by atoms with Crippen molar-refractivity contribution in [3.63, 3.8) is 0 Å². The van der Waals surface area contributed by atoms with Gasteiger partial charge >= 0.3 is 0 Å². The predicted molar refractivity (Wildman–Crippen MR) is 115 cm³/mol. The van der Waals surface area contributed by atoms with Crippen molar-refractivity contribution in [2.24, 2.45) is 17.8 Å². The van der Waals surface area contributed by atoms with E-state index in [9.17, 15) is 9.59 Å². The highest BCUT2D eigenvalue weighted by Gasteiger charge is 2.53. The summed E-state index contributed by atoms with van der Waals surface area (Å²) in [5, 5.41) is 6.44. The van der Waals surface area contributed by atoms with Crippen LogP contribution in [0.15, 0.2) is 0 Å². The van der Waals surface area contributed by atoms with Gasteiger partial charge in [0.15, 0.2) is 0 Å². The molecule has 4 heterocycles. The van der Waals surface area contributed by atoms with Crippen LogP contribution in [-0.4, -0.2) is 52.7 Å². The van der Waals surface area contributed by atoms with Crippen LogP contribution in [0.4, 0.5) is 0 Å². The van der Waals surface area contributed by atoms with Gasteiger partial charge in [-0.3, -0.25) is 14.5 Å². The van der Waals surface area contributed by atoms with Crippen molar-refractivity contribution >= 4 is 11.8 Å². The summed E-state index contributed by atoms with van der Waals surface area (Å²) in [5.74, 6) is 2.22. The van der Waals surface area contributed by atoms with Crippen LogP contribution in [0.25, 0.3) is 0 Å². The van der Waals surface area contributed by atoms with Gasteiger partial charge in [-0.15, -0.1) is 0 Å². The first-order valence-electron chi connectivity index (χ1n) is 12.2. The number of carbonyl (C=O) groups is 2. The van der Waals surface area contributed by atoms with Crippen LogP contribution >= 0.6 is 0 Å². The van der Waals surface area contributed by atoms with Gasteiger partial charge in [0, 0.05) is 24.0 Å². The summed E-state index contributed by atoms with van der Waals surface area (Å²) in [5.41, 5.74) is -0.553. The highest BCUT2D eigenvalue weighted by molar-refractivity contribution is 5.79. The van der Waals surface area contributed by atoms with Crippen molar-refractivity contribution in [3.05, 3.63) is 0 Å². The highest BCUT2D eigenvalue weighted by Crippen LogP contribution is 2.52. The van der Waals surface area contributed by atoms with E-state index in [0.29, 0.717) is 37.1 Å². The second kappa shape index (κ2) is 7.47. The van der Waals surface area contributed by atoms with Gasteiger partial charge in [0.1, 0.15) is 5.72 Å². The largest absolute Gasteiger partial charge is 0.353 e. The Balaban J connectivity index is 1.14. The van der Waals surface area contributed by atoms with Gasteiger partial charge < -0.3 is 15.4 Å². The Bertz CT molecular complexity index is 651. The summed E-state index contributed by atoms with van der Waals surface area (Å²) in [6.07, 6.45) is 11.1. The van der Waals surface area contributed by atoms with Gasteiger partial charge in [0.2, 0.25) is 11.8 Å². The molecule has 2 N–H and O–H groups in total. The number of rotatable bonds is 5. The van der Waals surface area contributed by atoms with Crippen molar-refractivity contribution in [1.82, 2.24) is 15.5 Å². The smallest absolute Gasteiger partial charge is 0.234 e. The third kappa shape index (κ3) is 4.27. The van der Waals surface area contributed by atoms with Gasteiger partial charge in [0.05, 0.1) is 12.6 Å². The van der Waals surface area contributed by atoms with Crippen molar-refractivity contribution in [1.29, 1.82) is 0 Å². The van der Waals surface area contributed by atoms with Crippen LogP contribution in [0.1, 0.15) is 85.0 Å². The molecule has 6 rings (SSSR count). The molecule has 30 heavy (non-hydrogen) atoms. The summed E-state index contributed by atoms with van der Waals surface area (Å²) < 4.78 is 6.34. The number of nitrogens with zero attached hydrogens (tertiary/aromatic N) is 1. The molecule has 168 valence electrons. The molecule has 0 aromatic rings. The predicted octanol–water partition coefficient (Wildman–Crippen LogP) is 2.96. The Labute approximate surface area is 180 Å². The van der Waals surface area contributed by atoms with Crippen molar-refractivity contribution in [2.75, 3.05) is 6.54 Å². The van der Waals surface area contributed by atoms with E-state index < -0.39 is 0 Å². The van der Waals surface area contributed by atoms with Gasteiger partial charge in [-0.05, 0) is 96.3 Å². The maximum absolute atomic E-state index is 13.0. The lowest BCUT2D eigenvalue weighted by atomic mass is 9.65. The lowest BCUT2D eigenvalue weighted by Gasteiger charge is -2.56. The van der Waals surface area contributed by atoms with E-state index in [-0.39, 0.29) is 23.1 Å². The molecule has 6 fully saturated rings. The maximum atomic E-state index is 13.0. The van der Waals surface area contributed by atoms with Gasteiger partial charge in [-0.25, -0.2) is 0 Å². The minimum Gasteiger partial charge on any atom is -0.353 e. The minimum absolute atomic E-state index is 0.120.